The summed E-state index contributed by atoms with van der Waals surface area (Å²) in [5.74, 6) is 0.809. The predicted octanol–water partition coefficient (Wildman–Crippen LogP) is 3.37. The number of halogens is 1. The number of guanidine groups is 1. The smallest absolute Gasteiger partial charge is 0.409 e. The van der Waals surface area contributed by atoms with Crippen LogP contribution in [0, 0.1) is 0 Å². The standard InChI is InChI=1S/C20H32N4O2.HI/c1-5-26-19(25)24-13-11-17(12-14-24)23-18(21-4)22-15-20(2,3)16-9-7-6-8-10-16;/h6-10,17H,5,11-15H2,1-4H3,(H2,21,22,23);1H. The molecule has 1 fully saturated rings. The second-order valence-electron chi connectivity index (χ2n) is 7.28. The molecular formula is C20H33IN4O2. The van der Waals surface area contributed by atoms with Crippen LogP contribution in [0.4, 0.5) is 4.79 Å². The Labute approximate surface area is 180 Å². The van der Waals surface area contributed by atoms with Crippen molar-refractivity contribution in [1.82, 2.24) is 15.5 Å². The molecule has 7 heteroatoms. The van der Waals surface area contributed by atoms with E-state index in [2.05, 4.69) is 53.7 Å². The molecule has 152 valence electrons. The number of nitrogens with zero attached hydrogens (tertiary/aromatic N) is 2. The maximum Gasteiger partial charge on any atom is 0.409 e. The molecule has 2 rings (SSSR count). The molecule has 0 radical (unpaired) electrons. The lowest BCUT2D eigenvalue weighted by atomic mass is 9.85. The monoisotopic (exact) mass is 488 g/mol. The zero-order valence-corrected chi connectivity index (χ0v) is 19.2. The van der Waals surface area contributed by atoms with Crippen molar-refractivity contribution in [2.75, 3.05) is 33.3 Å². The summed E-state index contributed by atoms with van der Waals surface area (Å²) in [5.41, 5.74) is 1.30. The molecule has 1 heterocycles. The number of aliphatic imine (C=N–C) groups is 1. The van der Waals surface area contributed by atoms with Crippen LogP contribution in [-0.4, -0.2) is 56.3 Å². The van der Waals surface area contributed by atoms with Gasteiger partial charge in [-0.3, -0.25) is 4.99 Å². The third-order valence-electron chi connectivity index (χ3n) is 4.84. The van der Waals surface area contributed by atoms with Gasteiger partial charge < -0.3 is 20.3 Å². The Morgan fingerprint density at radius 1 is 1.26 bits per heavy atom. The van der Waals surface area contributed by atoms with Crippen LogP contribution in [0.25, 0.3) is 0 Å². The van der Waals surface area contributed by atoms with E-state index in [-0.39, 0.29) is 35.5 Å². The Hall–Kier alpha value is -1.51. The van der Waals surface area contributed by atoms with E-state index in [9.17, 15) is 4.79 Å². The molecule has 0 bridgehead atoms. The second-order valence-corrected chi connectivity index (χ2v) is 7.28. The molecule has 1 aromatic carbocycles. The maximum absolute atomic E-state index is 11.8. The number of benzene rings is 1. The fourth-order valence-electron chi connectivity index (χ4n) is 3.11. The number of nitrogens with one attached hydrogen (secondary N) is 2. The first-order valence-corrected chi connectivity index (χ1v) is 9.40. The van der Waals surface area contributed by atoms with Crippen LogP contribution in [0.15, 0.2) is 35.3 Å². The minimum atomic E-state index is -0.210. The molecule has 0 saturated carbocycles. The summed E-state index contributed by atoms with van der Waals surface area (Å²) >= 11 is 0. The van der Waals surface area contributed by atoms with E-state index in [1.165, 1.54) is 5.56 Å². The Bertz CT molecular complexity index is 599. The number of rotatable bonds is 5. The number of hydrogen-bond donors (Lipinski definition) is 2. The fourth-order valence-corrected chi connectivity index (χ4v) is 3.11. The summed E-state index contributed by atoms with van der Waals surface area (Å²) in [4.78, 5) is 17.9. The summed E-state index contributed by atoms with van der Waals surface area (Å²) in [6, 6.07) is 10.8. The second kappa shape index (κ2) is 11.4. The van der Waals surface area contributed by atoms with Gasteiger partial charge in [-0.1, -0.05) is 44.2 Å². The number of carbonyl (C=O) groups excluding carboxylic acids is 1. The van der Waals surface area contributed by atoms with E-state index < -0.39 is 0 Å². The highest BCUT2D eigenvalue weighted by Crippen LogP contribution is 2.21. The summed E-state index contributed by atoms with van der Waals surface area (Å²) in [6.07, 6.45) is 1.57. The maximum atomic E-state index is 11.8. The van der Waals surface area contributed by atoms with Crippen molar-refractivity contribution >= 4 is 36.0 Å². The minimum absolute atomic E-state index is 0. The van der Waals surface area contributed by atoms with Gasteiger partial charge >= 0.3 is 6.09 Å². The lowest BCUT2D eigenvalue weighted by molar-refractivity contribution is 0.0963. The van der Waals surface area contributed by atoms with Gasteiger partial charge in [-0.05, 0) is 25.3 Å². The Kier molecular flexibility index (Phi) is 9.90. The predicted molar refractivity (Wildman–Crippen MR) is 121 cm³/mol. The zero-order chi connectivity index (χ0) is 19.0. The third kappa shape index (κ3) is 7.20. The van der Waals surface area contributed by atoms with Crippen LogP contribution in [-0.2, 0) is 10.2 Å². The van der Waals surface area contributed by atoms with E-state index >= 15 is 0 Å². The third-order valence-corrected chi connectivity index (χ3v) is 4.84. The largest absolute Gasteiger partial charge is 0.450 e. The van der Waals surface area contributed by atoms with E-state index in [0.29, 0.717) is 25.7 Å². The number of hydrogen-bond acceptors (Lipinski definition) is 3. The number of likely N-dealkylation sites (tertiary alicyclic amines) is 1. The molecule has 1 aromatic rings. The highest BCUT2D eigenvalue weighted by Gasteiger charge is 2.25. The van der Waals surface area contributed by atoms with Gasteiger partial charge in [0.15, 0.2) is 5.96 Å². The van der Waals surface area contributed by atoms with Crippen molar-refractivity contribution in [3.8, 4) is 0 Å². The number of piperidine rings is 1. The SMILES string of the molecule is CCOC(=O)N1CCC(NC(=NC)NCC(C)(C)c2ccccc2)CC1.I. The van der Waals surface area contributed by atoms with Gasteiger partial charge in [0.1, 0.15) is 0 Å². The lowest BCUT2D eigenvalue weighted by Gasteiger charge is -2.33. The van der Waals surface area contributed by atoms with E-state index in [1.807, 2.05) is 13.0 Å². The highest BCUT2D eigenvalue weighted by molar-refractivity contribution is 14.0. The van der Waals surface area contributed by atoms with Gasteiger partial charge in [0.2, 0.25) is 0 Å². The Balaban J connectivity index is 0.00000364. The van der Waals surface area contributed by atoms with Gasteiger partial charge in [-0.2, -0.15) is 0 Å². The number of carbonyl (C=O) groups is 1. The quantitative estimate of drug-likeness (QED) is 0.379. The van der Waals surface area contributed by atoms with Crippen LogP contribution in [0.3, 0.4) is 0 Å². The summed E-state index contributed by atoms with van der Waals surface area (Å²) < 4.78 is 5.07. The van der Waals surface area contributed by atoms with E-state index in [1.54, 1.807) is 11.9 Å². The van der Waals surface area contributed by atoms with Crippen molar-refractivity contribution < 1.29 is 9.53 Å². The molecule has 1 aliphatic rings. The molecule has 0 aromatic heterocycles. The molecule has 0 unspecified atom stereocenters. The van der Waals surface area contributed by atoms with Crippen LogP contribution < -0.4 is 10.6 Å². The lowest BCUT2D eigenvalue weighted by Crippen LogP contribution is -2.51. The van der Waals surface area contributed by atoms with Crippen LogP contribution in [0.5, 0.6) is 0 Å². The fraction of sp³-hybridized carbons (Fsp3) is 0.600. The average Bonchev–Trinajstić information content (AvgIpc) is 2.66. The first kappa shape index (κ1) is 23.5. The van der Waals surface area contributed by atoms with Crippen molar-refractivity contribution in [1.29, 1.82) is 0 Å². The molecule has 0 atom stereocenters. The average molecular weight is 488 g/mol. The Morgan fingerprint density at radius 2 is 1.89 bits per heavy atom. The number of ether oxygens (including phenoxy) is 1. The number of amides is 1. The molecule has 1 saturated heterocycles. The topological polar surface area (TPSA) is 66.0 Å². The van der Waals surface area contributed by atoms with Crippen LogP contribution in [0.2, 0.25) is 0 Å². The highest BCUT2D eigenvalue weighted by atomic mass is 127. The molecular weight excluding hydrogens is 455 g/mol. The first-order valence-electron chi connectivity index (χ1n) is 9.40. The molecule has 1 amide bonds. The van der Waals surface area contributed by atoms with Crippen molar-refractivity contribution in [2.45, 2.75) is 45.1 Å². The molecule has 2 N–H and O–H groups in total. The first-order chi connectivity index (χ1) is 12.5. The summed E-state index contributed by atoms with van der Waals surface area (Å²) in [6.45, 7) is 8.91. The molecule has 1 aliphatic heterocycles. The van der Waals surface area contributed by atoms with E-state index in [4.69, 9.17) is 4.74 Å². The normalized spacial score (nSPS) is 15.7. The van der Waals surface area contributed by atoms with Gasteiger partial charge in [0.25, 0.3) is 0 Å². The minimum Gasteiger partial charge on any atom is -0.450 e. The van der Waals surface area contributed by atoms with Gasteiger partial charge in [0.05, 0.1) is 6.61 Å². The van der Waals surface area contributed by atoms with Crippen molar-refractivity contribution in [3.63, 3.8) is 0 Å². The summed E-state index contributed by atoms with van der Waals surface area (Å²) in [5, 5.41) is 6.92. The molecule has 0 spiro atoms. The molecule has 0 aliphatic carbocycles. The van der Waals surface area contributed by atoms with Gasteiger partial charge in [-0.25, -0.2) is 4.79 Å². The van der Waals surface area contributed by atoms with Gasteiger partial charge in [-0.15, -0.1) is 24.0 Å². The van der Waals surface area contributed by atoms with Crippen LogP contribution in [0.1, 0.15) is 39.2 Å². The van der Waals surface area contributed by atoms with E-state index in [0.717, 1.165) is 25.3 Å². The zero-order valence-electron chi connectivity index (χ0n) is 16.8. The molecule has 27 heavy (non-hydrogen) atoms. The van der Waals surface area contributed by atoms with Crippen molar-refractivity contribution in [3.05, 3.63) is 35.9 Å². The summed E-state index contributed by atoms with van der Waals surface area (Å²) in [7, 11) is 1.79. The van der Waals surface area contributed by atoms with Crippen molar-refractivity contribution in [2.24, 2.45) is 4.99 Å². The molecule has 6 nitrogen and oxygen atoms in total. The van der Waals surface area contributed by atoms with Crippen LogP contribution >= 0.6 is 24.0 Å². The van der Waals surface area contributed by atoms with Gasteiger partial charge in [0, 0.05) is 38.1 Å². The Morgan fingerprint density at radius 3 is 2.44 bits per heavy atom.